The van der Waals surface area contributed by atoms with Crippen LogP contribution in [0.15, 0.2) is 0 Å². The van der Waals surface area contributed by atoms with Crippen LogP contribution in [0.2, 0.25) is 0 Å². The topological polar surface area (TPSA) is 55.6 Å². The van der Waals surface area contributed by atoms with Crippen molar-refractivity contribution in [3.8, 4) is 0 Å². The van der Waals surface area contributed by atoms with Crippen molar-refractivity contribution in [3.05, 3.63) is 0 Å². The zero-order valence-corrected chi connectivity index (χ0v) is 11.4. The van der Waals surface area contributed by atoms with E-state index in [0.717, 1.165) is 13.1 Å². The van der Waals surface area contributed by atoms with Crippen LogP contribution in [0, 0.1) is 0 Å². The Bertz CT molecular complexity index is 254. The van der Waals surface area contributed by atoms with Crippen molar-refractivity contribution in [2.24, 2.45) is 5.73 Å². The highest BCUT2D eigenvalue weighted by molar-refractivity contribution is 5.79. The summed E-state index contributed by atoms with van der Waals surface area (Å²) >= 11 is 0. The highest BCUT2D eigenvalue weighted by atomic mass is 16.5. The van der Waals surface area contributed by atoms with Crippen molar-refractivity contribution in [1.29, 1.82) is 0 Å². The second-order valence-electron chi connectivity index (χ2n) is 5.39. The first-order valence-electron chi connectivity index (χ1n) is 6.58. The number of likely N-dealkylation sites (tertiary alicyclic amines) is 1. The number of methoxy groups -OCH3 is 1. The van der Waals surface area contributed by atoms with Gasteiger partial charge >= 0.3 is 5.97 Å². The van der Waals surface area contributed by atoms with E-state index >= 15 is 0 Å². The highest BCUT2D eigenvalue weighted by Crippen LogP contribution is 2.18. The standard InChI is InChI=1S/C13H26N2O2/c1-11-7-5-4-6-9-15(11)10-8-13(2,14)12(16)17-3/h11H,4-10,14H2,1-3H3. The monoisotopic (exact) mass is 242 g/mol. The normalized spacial score (nSPS) is 26.0. The van der Waals surface area contributed by atoms with E-state index in [1.807, 2.05) is 0 Å². The van der Waals surface area contributed by atoms with E-state index < -0.39 is 5.54 Å². The largest absolute Gasteiger partial charge is 0.468 e. The molecule has 0 aromatic carbocycles. The SMILES string of the molecule is COC(=O)C(C)(N)CCN1CCCCCC1C. The van der Waals surface area contributed by atoms with Gasteiger partial charge in [-0.2, -0.15) is 0 Å². The second-order valence-corrected chi connectivity index (χ2v) is 5.39. The minimum absolute atomic E-state index is 0.319. The van der Waals surface area contributed by atoms with E-state index in [0.29, 0.717) is 12.5 Å². The van der Waals surface area contributed by atoms with Gasteiger partial charge in [0.1, 0.15) is 5.54 Å². The number of ether oxygens (including phenoxy) is 1. The molecule has 100 valence electrons. The molecule has 2 N–H and O–H groups in total. The summed E-state index contributed by atoms with van der Waals surface area (Å²) < 4.78 is 4.72. The predicted molar refractivity (Wildman–Crippen MR) is 68.7 cm³/mol. The van der Waals surface area contributed by atoms with E-state index in [9.17, 15) is 4.79 Å². The van der Waals surface area contributed by atoms with E-state index in [4.69, 9.17) is 10.5 Å². The van der Waals surface area contributed by atoms with Crippen LogP contribution in [0.4, 0.5) is 0 Å². The smallest absolute Gasteiger partial charge is 0.325 e. The third-order valence-corrected chi connectivity index (χ3v) is 3.76. The molecular weight excluding hydrogens is 216 g/mol. The average molecular weight is 242 g/mol. The van der Waals surface area contributed by atoms with Gasteiger partial charge in [-0.05, 0) is 39.7 Å². The lowest BCUT2D eigenvalue weighted by molar-refractivity contribution is -0.146. The van der Waals surface area contributed by atoms with Crippen LogP contribution in [0.5, 0.6) is 0 Å². The van der Waals surface area contributed by atoms with Gasteiger partial charge in [0.15, 0.2) is 0 Å². The Morgan fingerprint density at radius 2 is 2.18 bits per heavy atom. The molecule has 0 aromatic heterocycles. The first-order valence-corrected chi connectivity index (χ1v) is 6.58. The number of carbonyl (C=O) groups is 1. The molecule has 0 aliphatic carbocycles. The molecule has 4 nitrogen and oxygen atoms in total. The van der Waals surface area contributed by atoms with Gasteiger partial charge in [-0.3, -0.25) is 4.79 Å². The minimum Gasteiger partial charge on any atom is -0.468 e. The number of hydrogen-bond acceptors (Lipinski definition) is 4. The van der Waals surface area contributed by atoms with Crippen LogP contribution in [0.1, 0.15) is 46.0 Å². The fourth-order valence-corrected chi connectivity index (χ4v) is 2.38. The van der Waals surface area contributed by atoms with Crippen molar-refractivity contribution >= 4 is 5.97 Å². The quantitative estimate of drug-likeness (QED) is 0.760. The molecule has 1 heterocycles. The Hall–Kier alpha value is -0.610. The molecule has 4 heteroatoms. The summed E-state index contributed by atoms with van der Waals surface area (Å²) in [4.78, 5) is 13.9. The summed E-state index contributed by atoms with van der Waals surface area (Å²) in [5.41, 5.74) is 5.11. The molecule has 1 rings (SSSR count). The first-order chi connectivity index (χ1) is 7.97. The van der Waals surface area contributed by atoms with Crippen LogP contribution in [-0.2, 0) is 9.53 Å². The lowest BCUT2D eigenvalue weighted by atomic mass is 9.99. The molecule has 0 bridgehead atoms. The van der Waals surface area contributed by atoms with Crippen LogP contribution < -0.4 is 5.73 Å². The summed E-state index contributed by atoms with van der Waals surface area (Å²) in [7, 11) is 1.39. The highest BCUT2D eigenvalue weighted by Gasteiger charge is 2.30. The molecule has 2 atom stereocenters. The number of nitrogens with two attached hydrogens (primary N) is 1. The number of hydrogen-bond donors (Lipinski definition) is 1. The van der Waals surface area contributed by atoms with Gasteiger partial charge < -0.3 is 15.4 Å². The van der Waals surface area contributed by atoms with Crippen molar-refractivity contribution in [1.82, 2.24) is 4.90 Å². The van der Waals surface area contributed by atoms with Gasteiger partial charge in [0.2, 0.25) is 0 Å². The third-order valence-electron chi connectivity index (χ3n) is 3.76. The minimum atomic E-state index is -0.860. The fraction of sp³-hybridized carbons (Fsp3) is 0.923. The number of nitrogens with zero attached hydrogens (tertiary/aromatic N) is 1. The number of rotatable bonds is 4. The molecular formula is C13H26N2O2. The number of carbonyl (C=O) groups excluding carboxylic acids is 1. The van der Waals surface area contributed by atoms with Crippen molar-refractivity contribution in [3.63, 3.8) is 0 Å². The van der Waals surface area contributed by atoms with E-state index in [1.165, 1.54) is 32.8 Å². The first kappa shape index (κ1) is 14.5. The molecule has 1 fully saturated rings. The summed E-state index contributed by atoms with van der Waals surface area (Å²) in [5.74, 6) is -0.319. The predicted octanol–water partition coefficient (Wildman–Crippen LogP) is 1.53. The van der Waals surface area contributed by atoms with E-state index in [-0.39, 0.29) is 5.97 Å². The fourth-order valence-electron chi connectivity index (χ4n) is 2.38. The Labute approximate surface area is 104 Å². The third kappa shape index (κ3) is 4.28. The van der Waals surface area contributed by atoms with Crippen LogP contribution >= 0.6 is 0 Å². The van der Waals surface area contributed by atoms with Crippen molar-refractivity contribution in [2.75, 3.05) is 20.2 Å². The second kappa shape index (κ2) is 6.36. The Morgan fingerprint density at radius 1 is 1.47 bits per heavy atom. The molecule has 0 amide bonds. The molecule has 1 aliphatic heterocycles. The molecule has 17 heavy (non-hydrogen) atoms. The zero-order chi connectivity index (χ0) is 12.9. The van der Waals surface area contributed by atoms with Crippen molar-refractivity contribution in [2.45, 2.75) is 57.5 Å². The molecule has 0 saturated carbocycles. The zero-order valence-electron chi connectivity index (χ0n) is 11.4. The maximum Gasteiger partial charge on any atom is 0.325 e. The van der Waals surface area contributed by atoms with Gasteiger partial charge in [-0.15, -0.1) is 0 Å². The van der Waals surface area contributed by atoms with Gasteiger partial charge in [-0.25, -0.2) is 0 Å². The Balaban J connectivity index is 2.45. The maximum atomic E-state index is 11.5. The summed E-state index contributed by atoms with van der Waals surface area (Å²) in [5, 5.41) is 0. The van der Waals surface area contributed by atoms with Crippen LogP contribution in [-0.4, -0.2) is 42.6 Å². The number of esters is 1. The van der Waals surface area contributed by atoms with Gasteiger partial charge in [0.25, 0.3) is 0 Å². The summed E-state index contributed by atoms with van der Waals surface area (Å²) in [6, 6.07) is 0.603. The molecule has 1 aliphatic rings. The lowest BCUT2D eigenvalue weighted by Crippen LogP contribution is -2.49. The lowest BCUT2D eigenvalue weighted by Gasteiger charge is -2.30. The molecule has 2 unspecified atom stereocenters. The Kier molecular flexibility index (Phi) is 5.40. The average Bonchev–Trinajstić information content (AvgIpc) is 2.50. The Morgan fingerprint density at radius 3 is 2.82 bits per heavy atom. The van der Waals surface area contributed by atoms with E-state index in [2.05, 4.69) is 11.8 Å². The van der Waals surface area contributed by atoms with Gasteiger partial charge in [0.05, 0.1) is 7.11 Å². The molecule has 0 aromatic rings. The molecule has 0 radical (unpaired) electrons. The van der Waals surface area contributed by atoms with Gasteiger partial charge in [-0.1, -0.05) is 12.8 Å². The summed E-state index contributed by atoms with van der Waals surface area (Å²) in [6.45, 7) is 6.01. The van der Waals surface area contributed by atoms with E-state index in [1.54, 1.807) is 6.92 Å². The van der Waals surface area contributed by atoms with Gasteiger partial charge in [0, 0.05) is 12.6 Å². The summed E-state index contributed by atoms with van der Waals surface area (Å²) in [6.07, 6.45) is 5.79. The van der Waals surface area contributed by atoms with Crippen molar-refractivity contribution < 1.29 is 9.53 Å². The molecule has 0 spiro atoms. The maximum absolute atomic E-state index is 11.5. The van der Waals surface area contributed by atoms with Crippen LogP contribution in [0.25, 0.3) is 0 Å². The molecule has 1 saturated heterocycles. The van der Waals surface area contributed by atoms with Crippen LogP contribution in [0.3, 0.4) is 0 Å².